The number of nitrogens with one attached hydrogen (secondary N) is 1. The van der Waals surface area contributed by atoms with Crippen molar-refractivity contribution in [3.8, 4) is 5.75 Å². The molecule has 6 heteroatoms. The number of hydrogen-bond donors (Lipinski definition) is 2. The van der Waals surface area contributed by atoms with Crippen LogP contribution in [-0.2, 0) is 11.3 Å². The average Bonchev–Trinajstić information content (AvgIpc) is 3.10. The molecule has 3 aromatic carbocycles. The largest absolute Gasteiger partial charge is 0.490 e. The SMILES string of the molecule is CC(=O)NC(C)c1nc2ccccc2n1CC(O)COc1cccc2ccccc12. The minimum absolute atomic E-state index is 0.124. The minimum atomic E-state index is -0.746. The fourth-order valence-electron chi connectivity index (χ4n) is 3.76. The molecule has 4 rings (SSSR count). The lowest BCUT2D eigenvalue weighted by molar-refractivity contribution is -0.119. The van der Waals surface area contributed by atoms with Crippen molar-refractivity contribution in [1.29, 1.82) is 0 Å². The van der Waals surface area contributed by atoms with Crippen LogP contribution in [0.2, 0.25) is 0 Å². The lowest BCUT2D eigenvalue weighted by atomic mass is 10.1. The number of benzene rings is 3. The third kappa shape index (κ3) is 4.14. The molecule has 0 fully saturated rings. The van der Waals surface area contributed by atoms with Crippen molar-refractivity contribution in [2.24, 2.45) is 0 Å². The molecule has 4 aromatic rings. The molecule has 0 radical (unpaired) electrons. The molecule has 0 bridgehead atoms. The van der Waals surface area contributed by atoms with Gasteiger partial charge in [0.15, 0.2) is 0 Å². The Morgan fingerprint density at radius 2 is 1.83 bits per heavy atom. The summed E-state index contributed by atoms with van der Waals surface area (Å²) in [5.41, 5.74) is 1.74. The Bertz CT molecular complexity index is 1180. The normalized spacial score (nSPS) is 13.3. The van der Waals surface area contributed by atoms with E-state index in [1.54, 1.807) is 0 Å². The molecule has 2 unspecified atom stereocenters. The highest BCUT2D eigenvalue weighted by molar-refractivity contribution is 5.88. The number of carbonyl (C=O) groups is 1. The Balaban J connectivity index is 1.55. The number of hydrogen-bond acceptors (Lipinski definition) is 4. The van der Waals surface area contributed by atoms with Crippen molar-refractivity contribution in [2.75, 3.05) is 6.61 Å². The van der Waals surface area contributed by atoms with Gasteiger partial charge in [0.25, 0.3) is 0 Å². The van der Waals surface area contributed by atoms with Gasteiger partial charge < -0.3 is 19.7 Å². The summed E-state index contributed by atoms with van der Waals surface area (Å²) in [7, 11) is 0. The van der Waals surface area contributed by atoms with E-state index in [2.05, 4.69) is 10.3 Å². The van der Waals surface area contributed by atoms with Crippen LogP contribution in [0.4, 0.5) is 0 Å². The second-order valence-corrected chi connectivity index (χ2v) is 7.43. The summed E-state index contributed by atoms with van der Waals surface area (Å²) < 4.78 is 7.90. The molecule has 2 atom stereocenters. The van der Waals surface area contributed by atoms with Crippen molar-refractivity contribution in [1.82, 2.24) is 14.9 Å². The van der Waals surface area contributed by atoms with Gasteiger partial charge in [0, 0.05) is 12.3 Å². The molecule has 30 heavy (non-hydrogen) atoms. The number of carbonyl (C=O) groups excluding carboxylic acids is 1. The van der Waals surface area contributed by atoms with Gasteiger partial charge >= 0.3 is 0 Å². The Morgan fingerprint density at radius 1 is 1.10 bits per heavy atom. The maximum Gasteiger partial charge on any atom is 0.217 e. The molecule has 0 aliphatic carbocycles. The number of ether oxygens (including phenoxy) is 1. The van der Waals surface area contributed by atoms with E-state index in [1.807, 2.05) is 78.2 Å². The maximum atomic E-state index is 11.5. The van der Waals surface area contributed by atoms with E-state index < -0.39 is 6.10 Å². The summed E-state index contributed by atoms with van der Waals surface area (Å²) in [6.07, 6.45) is -0.746. The van der Waals surface area contributed by atoms with Gasteiger partial charge in [-0.25, -0.2) is 4.98 Å². The van der Waals surface area contributed by atoms with Gasteiger partial charge in [0.1, 0.15) is 24.3 Å². The zero-order valence-electron chi connectivity index (χ0n) is 17.1. The van der Waals surface area contributed by atoms with E-state index >= 15 is 0 Å². The number of amides is 1. The quantitative estimate of drug-likeness (QED) is 0.492. The number of aliphatic hydroxyl groups excluding tert-OH is 1. The summed E-state index contributed by atoms with van der Waals surface area (Å²) in [5, 5.41) is 15.7. The number of aromatic nitrogens is 2. The van der Waals surface area contributed by atoms with Crippen molar-refractivity contribution >= 4 is 27.7 Å². The van der Waals surface area contributed by atoms with Crippen molar-refractivity contribution < 1.29 is 14.6 Å². The number of imidazole rings is 1. The average molecular weight is 403 g/mol. The second kappa shape index (κ2) is 8.55. The van der Waals surface area contributed by atoms with E-state index in [1.165, 1.54) is 6.92 Å². The molecule has 1 heterocycles. The first-order valence-electron chi connectivity index (χ1n) is 10.0. The Hall–Kier alpha value is -3.38. The smallest absolute Gasteiger partial charge is 0.217 e. The highest BCUT2D eigenvalue weighted by Crippen LogP contribution is 2.26. The number of aliphatic hydroxyl groups is 1. The third-order valence-corrected chi connectivity index (χ3v) is 5.07. The highest BCUT2D eigenvalue weighted by atomic mass is 16.5. The van der Waals surface area contributed by atoms with Gasteiger partial charge in [0.2, 0.25) is 5.91 Å². The third-order valence-electron chi connectivity index (χ3n) is 5.07. The molecule has 1 amide bonds. The fraction of sp³-hybridized carbons (Fsp3) is 0.250. The van der Waals surface area contributed by atoms with Gasteiger partial charge in [-0.3, -0.25) is 4.79 Å². The molecular formula is C24H25N3O3. The standard InChI is InChI=1S/C24H25N3O3/c1-16(25-17(2)28)24-26-21-11-5-6-12-22(21)27(24)14-19(29)15-30-23-13-7-9-18-8-3-4-10-20(18)23/h3-13,16,19,29H,14-15H2,1-2H3,(H,25,28). The Kier molecular flexibility index (Phi) is 5.68. The van der Waals surface area contributed by atoms with Crippen molar-refractivity contribution in [2.45, 2.75) is 32.5 Å². The number of para-hydroxylation sites is 2. The Labute approximate surface area is 175 Å². The van der Waals surface area contributed by atoms with Crippen LogP contribution in [-0.4, -0.2) is 33.3 Å². The molecule has 2 N–H and O–H groups in total. The van der Waals surface area contributed by atoms with Gasteiger partial charge in [-0.15, -0.1) is 0 Å². The second-order valence-electron chi connectivity index (χ2n) is 7.43. The molecule has 0 saturated heterocycles. The zero-order valence-corrected chi connectivity index (χ0v) is 17.1. The summed E-state index contributed by atoms with van der Waals surface area (Å²) in [4.78, 5) is 16.2. The highest BCUT2D eigenvalue weighted by Gasteiger charge is 2.19. The van der Waals surface area contributed by atoms with Gasteiger partial charge in [-0.05, 0) is 30.5 Å². The van der Waals surface area contributed by atoms with E-state index in [9.17, 15) is 9.90 Å². The van der Waals surface area contributed by atoms with Crippen LogP contribution in [0.25, 0.3) is 21.8 Å². The molecule has 0 spiro atoms. The lowest BCUT2D eigenvalue weighted by Gasteiger charge is -2.19. The molecule has 6 nitrogen and oxygen atoms in total. The number of nitrogens with zero attached hydrogens (tertiary/aromatic N) is 2. The van der Waals surface area contributed by atoms with Crippen LogP contribution in [0.1, 0.15) is 25.7 Å². The molecule has 0 saturated carbocycles. The first-order chi connectivity index (χ1) is 14.5. The van der Waals surface area contributed by atoms with E-state index in [-0.39, 0.29) is 18.6 Å². The van der Waals surface area contributed by atoms with Crippen LogP contribution in [0.5, 0.6) is 5.75 Å². The predicted octanol–water partition coefficient (Wildman–Crippen LogP) is 3.83. The monoisotopic (exact) mass is 403 g/mol. The zero-order chi connectivity index (χ0) is 21.1. The van der Waals surface area contributed by atoms with Crippen LogP contribution < -0.4 is 10.1 Å². The van der Waals surface area contributed by atoms with Crippen LogP contribution in [0.15, 0.2) is 66.7 Å². The van der Waals surface area contributed by atoms with Crippen LogP contribution in [0.3, 0.4) is 0 Å². The van der Waals surface area contributed by atoms with Crippen molar-refractivity contribution in [3.63, 3.8) is 0 Å². The molecule has 1 aromatic heterocycles. The predicted molar refractivity (Wildman–Crippen MR) is 117 cm³/mol. The molecule has 0 aliphatic rings. The van der Waals surface area contributed by atoms with Gasteiger partial charge in [-0.1, -0.05) is 48.5 Å². The van der Waals surface area contributed by atoms with E-state index in [0.717, 1.165) is 27.6 Å². The number of fused-ring (bicyclic) bond motifs is 2. The van der Waals surface area contributed by atoms with E-state index in [4.69, 9.17) is 4.74 Å². The lowest BCUT2D eigenvalue weighted by Crippen LogP contribution is -2.29. The van der Waals surface area contributed by atoms with E-state index in [0.29, 0.717) is 12.4 Å². The summed E-state index contributed by atoms with van der Waals surface area (Å²) in [6, 6.07) is 21.4. The van der Waals surface area contributed by atoms with Crippen LogP contribution >= 0.6 is 0 Å². The van der Waals surface area contributed by atoms with Gasteiger partial charge in [0.05, 0.1) is 23.6 Å². The molecular weight excluding hydrogens is 378 g/mol. The first kappa shape index (κ1) is 19.9. The Morgan fingerprint density at radius 3 is 2.67 bits per heavy atom. The van der Waals surface area contributed by atoms with Gasteiger partial charge in [-0.2, -0.15) is 0 Å². The first-order valence-corrected chi connectivity index (χ1v) is 10.0. The van der Waals surface area contributed by atoms with Crippen LogP contribution in [0, 0.1) is 0 Å². The minimum Gasteiger partial charge on any atom is -0.490 e. The molecule has 0 aliphatic heterocycles. The number of rotatable bonds is 7. The molecule has 154 valence electrons. The summed E-state index contributed by atoms with van der Waals surface area (Å²) in [5.74, 6) is 1.33. The topological polar surface area (TPSA) is 76.4 Å². The summed E-state index contributed by atoms with van der Waals surface area (Å²) >= 11 is 0. The maximum absolute atomic E-state index is 11.5. The summed E-state index contributed by atoms with van der Waals surface area (Å²) in [6.45, 7) is 3.83. The van der Waals surface area contributed by atoms with Crippen molar-refractivity contribution in [3.05, 3.63) is 72.6 Å². The fourth-order valence-corrected chi connectivity index (χ4v) is 3.76.